The zero-order valence-corrected chi connectivity index (χ0v) is 8.56. The SMILES string of the molecule is CCCCC1NCC2C1C2(C)C. The average molecular weight is 167 g/mol. The maximum Gasteiger partial charge on any atom is 0.0104 e. The second-order valence-corrected chi connectivity index (χ2v) is 5.11. The highest BCUT2D eigenvalue weighted by atomic mass is 15.0. The van der Waals surface area contributed by atoms with Crippen molar-refractivity contribution >= 4 is 0 Å². The molecular formula is C11H21N. The van der Waals surface area contributed by atoms with E-state index >= 15 is 0 Å². The summed E-state index contributed by atoms with van der Waals surface area (Å²) in [4.78, 5) is 0. The molecule has 1 aliphatic heterocycles. The van der Waals surface area contributed by atoms with Crippen LogP contribution in [0.4, 0.5) is 0 Å². The van der Waals surface area contributed by atoms with Crippen molar-refractivity contribution in [3.8, 4) is 0 Å². The number of piperidine rings is 1. The van der Waals surface area contributed by atoms with E-state index in [2.05, 4.69) is 26.1 Å². The number of rotatable bonds is 3. The van der Waals surface area contributed by atoms with Crippen LogP contribution in [0.25, 0.3) is 0 Å². The van der Waals surface area contributed by atoms with Gasteiger partial charge in [-0.1, -0.05) is 33.6 Å². The van der Waals surface area contributed by atoms with Crippen molar-refractivity contribution in [3.05, 3.63) is 0 Å². The summed E-state index contributed by atoms with van der Waals surface area (Å²) in [5, 5.41) is 3.65. The van der Waals surface area contributed by atoms with Crippen molar-refractivity contribution < 1.29 is 0 Å². The summed E-state index contributed by atoms with van der Waals surface area (Å²) in [6.45, 7) is 8.43. The molecule has 3 atom stereocenters. The number of unbranched alkanes of at least 4 members (excludes halogenated alkanes) is 1. The summed E-state index contributed by atoms with van der Waals surface area (Å²) >= 11 is 0. The third kappa shape index (κ3) is 1.10. The van der Waals surface area contributed by atoms with Gasteiger partial charge >= 0.3 is 0 Å². The molecule has 1 N–H and O–H groups in total. The third-order valence-corrected chi connectivity index (χ3v) is 4.04. The molecule has 0 aromatic carbocycles. The molecule has 3 unspecified atom stereocenters. The lowest BCUT2D eigenvalue weighted by Crippen LogP contribution is -2.30. The van der Waals surface area contributed by atoms with Crippen LogP contribution in [0.5, 0.6) is 0 Å². The van der Waals surface area contributed by atoms with Crippen molar-refractivity contribution in [2.75, 3.05) is 6.54 Å². The zero-order valence-electron chi connectivity index (χ0n) is 8.56. The Hall–Kier alpha value is -0.0400. The Kier molecular flexibility index (Phi) is 1.95. The Labute approximate surface area is 75.9 Å². The minimum Gasteiger partial charge on any atom is -0.313 e. The number of nitrogens with one attached hydrogen (secondary N) is 1. The van der Waals surface area contributed by atoms with Gasteiger partial charge in [-0.15, -0.1) is 0 Å². The standard InChI is InChI=1S/C11H21N/c1-4-5-6-9-10-8(7-12-9)11(10,2)3/h8-10,12H,4-7H2,1-3H3. The quantitative estimate of drug-likeness (QED) is 0.680. The van der Waals surface area contributed by atoms with E-state index in [-0.39, 0.29) is 0 Å². The summed E-state index contributed by atoms with van der Waals surface area (Å²) in [6.07, 6.45) is 4.15. The highest BCUT2D eigenvalue weighted by Gasteiger charge is 2.63. The van der Waals surface area contributed by atoms with E-state index in [1.54, 1.807) is 0 Å². The summed E-state index contributed by atoms with van der Waals surface area (Å²) in [7, 11) is 0. The van der Waals surface area contributed by atoms with Gasteiger partial charge in [-0.3, -0.25) is 0 Å². The molecule has 1 aliphatic carbocycles. The van der Waals surface area contributed by atoms with Crippen molar-refractivity contribution in [3.63, 3.8) is 0 Å². The van der Waals surface area contributed by atoms with E-state index in [1.807, 2.05) is 0 Å². The highest BCUT2D eigenvalue weighted by Crippen LogP contribution is 2.62. The zero-order chi connectivity index (χ0) is 8.77. The monoisotopic (exact) mass is 167 g/mol. The maximum absolute atomic E-state index is 3.65. The van der Waals surface area contributed by atoms with E-state index in [0.29, 0.717) is 5.41 Å². The van der Waals surface area contributed by atoms with Crippen LogP contribution in [-0.2, 0) is 0 Å². The van der Waals surface area contributed by atoms with Crippen molar-refractivity contribution in [2.24, 2.45) is 17.3 Å². The number of fused-ring (bicyclic) bond motifs is 1. The topological polar surface area (TPSA) is 12.0 Å². The molecule has 2 fully saturated rings. The minimum atomic E-state index is 0.670. The first-order valence-electron chi connectivity index (χ1n) is 5.41. The van der Waals surface area contributed by atoms with Gasteiger partial charge < -0.3 is 5.32 Å². The van der Waals surface area contributed by atoms with Crippen LogP contribution in [0.1, 0.15) is 40.0 Å². The van der Waals surface area contributed by atoms with Crippen LogP contribution in [0, 0.1) is 17.3 Å². The summed E-state index contributed by atoms with van der Waals surface area (Å²) in [5.41, 5.74) is 0.670. The molecule has 0 aromatic rings. The fourth-order valence-corrected chi connectivity index (χ4v) is 3.09. The van der Waals surface area contributed by atoms with Crippen molar-refractivity contribution in [1.82, 2.24) is 5.32 Å². The number of hydrogen-bond acceptors (Lipinski definition) is 1. The molecule has 1 heteroatoms. The molecule has 2 aliphatic rings. The summed E-state index contributed by atoms with van der Waals surface area (Å²) in [6, 6.07) is 0.852. The fourth-order valence-electron chi connectivity index (χ4n) is 3.09. The average Bonchev–Trinajstić information content (AvgIpc) is 2.49. The largest absolute Gasteiger partial charge is 0.313 e. The van der Waals surface area contributed by atoms with Gasteiger partial charge in [-0.25, -0.2) is 0 Å². The molecule has 0 aromatic heterocycles. The van der Waals surface area contributed by atoms with Gasteiger partial charge in [0.1, 0.15) is 0 Å². The second-order valence-electron chi connectivity index (χ2n) is 5.11. The summed E-state index contributed by atoms with van der Waals surface area (Å²) in [5.74, 6) is 2.00. The first-order chi connectivity index (χ1) is 5.68. The second kappa shape index (κ2) is 2.73. The number of hydrogen-bond donors (Lipinski definition) is 1. The minimum absolute atomic E-state index is 0.670. The molecule has 0 amide bonds. The molecule has 2 rings (SSSR count). The molecule has 70 valence electrons. The van der Waals surface area contributed by atoms with E-state index < -0.39 is 0 Å². The van der Waals surface area contributed by atoms with Crippen LogP contribution in [0.3, 0.4) is 0 Å². The van der Waals surface area contributed by atoms with E-state index in [4.69, 9.17) is 0 Å². The first kappa shape index (κ1) is 8.55. The predicted molar refractivity (Wildman–Crippen MR) is 52.1 cm³/mol. The lowest BCUT2D eigenvalue weighted by molar-refractivity contribution is 0.379. The lowest BCUT2D eigenvalue weighted by Gasteiger charge is -2.18. The Morgan fingerprint density at radius 1 is 1.42 bits per heavy atom. The molecule has 1 saturated heterocycles. The normalized spacial score (nSPS) is 42.8. The van der Waals surface area contributed by atoms with E-state index in [1.165, 1.54) is 25.8 Å². The Balaban J connectivity index is 1.86. The van der Waals surface area contributed by atoms with Crippen LogP contribution in [0.15, 0.2) is 0 Å². The van der Waals surface area contributed by atoms with Gasteiger partial charge in [0.25, 0.3) is 0 Å². The summed E-state index contributed by atoms with van der Waals surface area (Å²) < 4.78 is 0. The molecular weight excluding hydrogens is 146 g/mol. The maximum atomic E-state index is 3.65. The first-order valence-corrected chi connectivity index (χ1v) is 5.41. The van der Waals surface area contributed by atoms with Gasteiger partial charge in [0.2, 0.25) is 0 Å². The Morgan fingerprint density at radius 2 is 2.17 bits per heavy atom. The molecule has 12 heavy (non-hydrogen) atoms. The van der Waals surface area contributed by atoms with Gasteiger partial charge in [-0.2, -0.15) is 0 Å². The third-order valence-electron chi connectivity index (χ3n) is 4.04. The molecule has 0 bridgehead atoms. The van der Waals surface area contributed by atoms with Crippen LogP contribution in [0.2, 0.25) is 0 Å². The molecule has 0 spiro atoms. The van der Waals surface area contributed by atoms with E-state index in [9.17, 15) is 0 Å². The molecule has 1 nitrogen and oxygen atoms in total. The predicted octanol–water partition coefficient (Wildman–Crippen LogP) is 2.42. The fraction of sp³-hybridized carbons (Fsp3) is 1.00. The van der Waals surface area contributed by atoms with Gasteiger partial charge in [-0.05, 0) is 30.2 Å². The smallest absolute Gasteiger partial charge is 0.0104 e. The Morgan fingerprint density at radius 3 is 2.67 bits per heavy atom. The van der Waals surface area contributed by atoms with Crippen molar-refractivity contribution in [2.45, 2.75) is 46.1 Å². The lowest BCUT2D eigenvalue weighted by atomic mass is 9.99. The van der Waals surface area contributed by atoms with Crippen LogP contribution >= 0.6 is 0 Å². The molecule has 0 radical (unpaired) electrons. The molecule has 1 saturated carbocycles. The Bertz CT molecular complexity index is 174. The van der Waals surface area contributed by atoms with Gasteiger partial charge in [0, 0.05) is 6.04 Å². The van der Waals surface area contributed by atoms with Crippen molar-refractivity contribution in [1.29, 1.82) is 0 Å². The molecule has 1 heterocycles. The van der Waals surface area contributed by atoms with E-state index in [0.717, 1.165) is 17.9 Å². The van der Waals surface area contributed by atoms with Gasteiger partial charge in [0.05, 0.1) is 0 Å². The van der Waals surface area contributed by atoms with Gasteiger partial charge in [0.15, 0.2) is 0 Å². The van der Waals surface area contributed by atoms with Crippen LogP contribution in [-0.4, -0.2) is 12.6 Å². The van der Waals surface area contributed by atoms with Crippen LogP contribution < -0.4 is 5.32 Å². The highest BCUT2D eigenvalue weighted by molar-refractivity contribution is 5.14.